The van der Waals surface area contributed by atoms with Gasteiger partial charge in [0.2, 0.25) is 0 Å². The average molecular weight is 178 g/mol. The molecule has 5 unspecified atom stereocenters. The summed E-state index contributed by atoms with van der Waals surface area (Å²) in [5, 5.41) is 0. The van der Waals surface area contributed by atoms with Crippen LogP contribution in [-0.4, -0.2) is 0 Å². The van der Waals surface area contributed by atoms with Crippen LogP contribution in [0.4, 0.5) is 0 Å². The molecule has 0 bridgehead atoms. The molecule has 74 valence electrons. The molecule has 0 heterocycles. The molecule has 0 heteroatoms. The van der Waals surface area contributed by atoms with Crippen molar-refractivity contribution >= 4 is 0 Å². The third-order valence-corrected chi connectivity index (χ3v) is 6.55. The maximum Gasteiger partial charge on any atom is -0.0173 e. The minimum atomic E-state index is 0.832. The van der Waals surface area contributed by atoms with Gasteiger partial charge < -0.3 is 0 Å². The first kappa shape index (κ1) is 8.32. The largest absolute Gasteiger partial charge is 0.0620 e. The summed E-state index contributed by atoms with van der Waals surface area (Å²) in [5.41, 5.74) is 0.832. The lowest BCUT2D eigenvalue weighted by Crippen LogP contribution is -2.40. The van der Waals surface area contributed by atoms with Gasteiger partial charge in [-0.25, -0.2) is 0 Å². The van der Waals surface area contributed by atoms with Crippen LogP contribution in [-0.2, 0) is 0 Å². The van der Waals surface area contributed by atoms with Crippen molar-refractivity contribution < 1.29 is 0 Å². The van der Waals surface area contributed by atoms with Crippen molar-refractivity contribution in [3.05, 3.63) is 0 Å². The second-order valence-corrected chi connectivity index (χ2v) is 6.21. The predicted molar refractivity (Wildman–Crippen MR) is 55.2 cm³/mol. The summed E-state index contributed by atoms with van der Waals surface area (Å²) in [7, 11) is 0. The van der Waals surface area contributed by atoms with Crippen LogP contribution in [0.15, 0.2) is 0 Å². The Labute approximate surface area is 82.1 Å². The molecule has 8 atom stereocenters. The zero-order chi connectivity index (χ0) is 9.54. The first-order chi connectivity index (χ1) is 6.04. The summed E-state index contributed by atoms with van der Waals surface area (Å²) in [6.07, 6.45) is 0. The highest BCUT2D eigenvalue weighted by Gasteiger charge is 2.83. The standard InChI is InChI=1S/C13H22/c1-6-7(2)11-12-8(3)10(5)13(11,12)9(6)4/h6-12H,1-5H3/t6?,7?,8-,9?,10+,11?,12?,13+/m0/s1. The first-order valence-corrected chi connectivity index (χ1v) is 6.04. The fraction of sp³-hybridized carbons (Fsp3) is 1.00. The summed E-state index contributed by atoms with van der Waals surface area (Å²) in [6.45, 7) is 12.5. The van der Waals surface area contributed by atoms with Crippen LogP contribution in [0, 0.1) is 46.8 Å². The molecule has 3 rings (SSSR count). The summed E-state index contributed by atoms with van der Waals surface area (Å²) in [5.74, 6) is 7.28. The van der Waals surface area contributed by atoms with Crippen LogP contribution in [0.25, 0.3) is 0 Å². The molecule has 0 aromatic heterocycles. The SMILES string of the molecule is CC1C(C)C2C3[C@@H](C)[C@@H](C)[C@]23C1C. The van der Waals surface area contributed by atoms with Gasteiger partial charge in [-0.05, 0) is 46.8 Å². The van der Waals surface area contributed by atoms with E-state index in [4.69, 9.17) is 0 Å². The highest BCUT2D eigenvalue weighted by molar-refractivity contribution is 5.30. The zero-order valence-electron chi connectivity index (χ0n) is 9.54. The number of fused-ring (bicyclic) bond motifs is 1. The van der Waals surface area contributed by atoms with Crippen LogP contribution in [0.3, 0.4) is 0 Å². The molecule has 0 aromatic rings. The Kier molecular flexibility index (Phi) is 1.27. The molecular weight excluding hydrogens is 156 g/mol. The van der Waals surface area contributed by atoms with Gasteiger partial charge in [-0.3, -0.25) is 0 Å². The van der Waals surface area contributed by atoms with Gasteiger partial charge in [-0.2, -0.15) is 0 Å². The maximum absolute atomic E-state index is 2.52. The normalized spacial score (nSPS) is 74.1. The molecule has 3 aliphatic rings. The van der Waals surface area contributed by atoms with Crippen LogP contribution in [0.2, 0.25) is 0 Å². The molecule has 0 N–H and O–H groups in total. The molecule has 3 fully saturated rings. The molecular formula is C13H22. The Morgan fingerprint density at radius 3 is 1.62 bits per heavy atom. The van der Waals surface area contributed by atoms with Crippen LogP contribution in [0.1, 0.15) is 34.6 Å². The van der Waals surface area contributed by atoms with Gasteiger partial charge in [0.25, 0.3) is 0 Å². The van der Waals surface area contributed by atoms with Gasteiger partial charge in [0.05, 0.1) is 0 Å². The quantitative estimate of drug-likeness (QED) is 0.533. The third-order valence-electron chi connectivity index (χ3n) is 6.55. The molecule has 3 aliphatic carbocycles. The van der Waals surface area contributed by atoms with E-state index in [2.05, 4.69) is 34.6 Å². The van der Waals surface area contributed by atoms with Crippen molar-refractivity contribution in [2.45, 2.75) is 34.6 Å². The lowest BCUT2D eigenvalue weighted by molar-refractivity contribution is 0.0221. The first-order valence-electron chi connectivity index (χ1n) is 6.04. The van der Waals surface area contributed by atoms with Gasteiger partial charge in [0, 0.05) is 0 Å². The Balaban J connectivity index is 1.97. The van der Waals surface area contributed by atoms with E-state index in [1.807, 2.05) is 0 Å². The lowest BCUT2D eigenvalue weighted by atomic mass is 9.59. The topological polar surface area (TPSA) is 0 Å². The smallest absolute Gasteiger partial charge is 0.0173 e. The Morgan fingerprint density at radius 1 is 0.615 bits per heavy atom. The second kappa shape index (κ2) is 1.99. The Bertz CT molecular complexity index is 257. The molecule has 0 saturated heterocycles. The highest BCUT2D eigenvalue weighted by atomic mass is 14.9. The molecule has 13 heavy (non-hydrogen) atoms. The van der Waals surface area contributed by atoms with E-state index >= 15 is 0 Å². The highest BCUT2D eigenvalue weighted by Crippen LogP contribution is 2.87. The molecule has 0 amide bonds. The van der Waals surface area contributed by atoms with E-state index in [0.717, 1.165) is 46.8 Å². The minimum Gasteiger partial charge on any atom is -0.0620 e. The fourth-order valence-corrected chi connectivity index (χ4v) is 5.56. The maximum atomic E-state index is 2.52. The Hall–Kier alpha value is 0. The van der Waals surface area contributed by atoms with Crippen molar-refractivity contribution in [2.24, 2.45) is 46.8 Å². The van der Waals surface area contributed by atoms with Crippen LogP contribution >= 0.6 is 0 Å². The third kappa shape index (κ3) is 0.567. The molecule has 0 aliphatic heterocycles. The van der Waals surface area contributed by atoms with Crippen molar-refractivity contribution in [3.63, 3.8) is 0 Å². The zero-order valence-corrected chi connectivity index (χ0v) is 9.54. The Morgan fingerprint density at radius 2 is 1.08 bits per heavy atom. The number of rotatable bonds is 0. The summed E-state index contributed by atoms with van der Waals surface area (Å²) >= 11 is 0. The summed E-state index contributed by atoms with van der Waals surface area (Å²) in [6, 6.07) is 0. The molecule has 0 aromatic carbocycles. The summed E-state index contributed by atoms with van der Waals surface area (Å²) < 4.78 is 0. The minimum absolute atomic E-state index is 0.832. The number of hydrogen-bond donors (Lipinski definition) is 0. The van der Waals surface area contributed by atoms with Crippen molar-refractivity contribution in [1.29, 1.82) is 0 Å². The number of hydrogen-bond acceptors (Lipinski definition) is 0. The molecule has 1 spiro atoms. The van der Waals surface area contributed by atoms with Gasteiger partial charge in [0.15, 0.2) is 0 Å². The lowest BCUT2D eigenvalue weighted by Gasteiger charge is -2.45. The van der Waals surface area contributed by atoms with E-state index in [9.17, 15) is 0 Å². The summed E-state index contributed by atoms with van der Waals surface area (Å²) in [4.78, 5) is 0. The van der Waals surface area contributed by atoms with E-state index in [1.54, 1.807) is 0 Å². The predicted octanol–water partition coefficient (Wildman–Crippen LogP) is 3.43. The van der Waals surface area contributed by atoms with Crippen molar-refractivity contribution in [3.8, 4) is 0 Å². The molecule has 3 saturated carbocycles. The van der Waals surface area contributed by atoms with E-state index in [1.165, 1.54) is 0 Å². The van der Waals surface area contributed by atoms with Crippen LogP contribution in [0.5, 0.6) is 0 Å². The van der Waals surface area contributed by atoms with Gasteiger partial charge in [0.1, 0.15) is 0 Å². The average Bonchev–Trinajstić information content (AvgIpc) is 2.73. The second-order valence-electron chi connectivity index (χ2n) is 6.21. The van der Waals surface area contributed by atoms with Crippen molar-refractivity contribution in [2.75, 3.05) is 0 Å². The van der Waals surface area contributed by atoms with Gasteiger partial charge in [-0.1, -0.05) is 34.6 Å². The van der Waals surface area contributed by atoms with Gasteiger partial charge >= 0.3 is 0 Å². The van der Waals surface area contributed by atoms with Crippen molar-refractivity contribution in [1.82, 2.24) is 0 Å². The van der Waals surface area contributed by atoms with Crippen LogP contribution < -0.4 is 0 Å². The molecule has 0 nitrogen and oxygen atoms in total. The van der Waals surface area contributed by atoms with E-state index < -0.39 is 0 Å². The van der Waals surface area contributed by atoms with Gasteiger partial charge in [-0.15, -0.1) is 0 Å². The van der Waals surface area contributed by atoms with E-state index in [-0.39, 0.29) is 0 Å². The fourth-order valence-electron chi connectivity index (χ4n) is 5.56. The van der Waals surface area contributed by atoms with E-state index in [0.29, 0.717) is 0 Å². The monoisotopic (exact) mass is 178 g/mol. The molecule has 0 radical (unpaired) electrons.